The standard InChI is InChI=1S/C9H6F5NO3/c1-3-2-4(9(12,13)14)15-6(18-8(10)11)5(3)7(16)17/h2,8H,1H3,(H,16,17). The van der Waals surface area contributed by atoms with E-state index < -0.39 is 35.9 Å². The summed E-state index contributed by atoms with van der Waals surface area (Å²) in [5.41, 5.74) is -2.70. The summed E-state index contributed by atoms with van der Waals surface area (Å²) in [6.07, 6.45) is -4.89. The van der Waals surface area contributed by atoms with E-state index in [2.05, 4.69) is 9.72 Å². The Bertz CT molecular complexity index is 472. The maximum Gasteiger partial charge on any atom is 0.433 e. The first-order chi connectivity index (χ1) is 8.12. The van der Waals surface area contributed by atoms with E-state index in [4.69, 9.17) is 5.11 Å². The van der Waals surface area contributed by atoms with E-state index in [0.29, 0.717) is 6.07 Å². The SMILES string of the molecule is Cc1cc(C(F)(F)F)nc(OC(F)F)c1C(=O)O. The van der Waals surface area contributed by atoms with Crippen LogP contribution in [0, 0.1) is 6.92 Å². The van der Waals surface area contributed by atoms with Crippen LogP contribution in [0.15, 0.2) is 6.07 Å². The van der Waals surface area contributed by atoms with Crippen LogP contribution in [0.2, 0.25) is 0 Å². The van der Waals surface area contributed by atoms with E-state index in [9.17, 15) is 26.7 Å². The molecular weight excluding hydrogens is 265 g/mol. The fourth-order valence-electron chi connectivity index (χ4n) is 1.22. The minimum absolute atomic E-state index is 0.375. The molecule has 1 rings (SSSR count). The van der Waals surface area contributed by atoms with E-state index >= 15 is 0 Å². The van der Waals surface area contributed by atoms with Crippen molar-refractivity contribution in [1.82, 2.24) is 4.98 Å². The Kier molecular flexibility index (Phi) is 3.73. The summed E-state index contributed by atoms with van der Waals surface area (Å²) in [5, 5.41) is 8.71. The molecule has 0 saturated carbocycles. The van der Waals surface area contributed by atoms with Gasteiger partial charge in [0.15, 0.2) is 0 Å². The van der Waals surface area contributed by atoms with Gasteiger partial charge in [0.2, 0.25) is 5.88 Å². The van der Waals surface area contributed by atoms with Crippen LogP contribution in [0.3, 0.4) is 0 Å². The molecule has 0 aliphatic heterocycles. The Labute approximate surface area is 97.0 Å². The molecule has 0 aromatic carbocycles. The van der Waals surface area contributed by atoms with Crippen LogP contribution in [0.1, 0.15) is 21.6 Å². The molecule has 1 N–H and O–H groups in total. The first kappa shape index (κ1) is 14.1. The molecule has 0 atom stereocenters. The highest BCUT2D eigenvalue weighted by atomic mass is 19.4. The fourth-order valence-corrected chi connectivity index (χ4v) is 1.22. The van der Waals surface area contributed by atoms with Crippen LogP contribution in [0.25, 0.3) is 0 Å². The molecular formula is C9H6F5NO3. The fraction of sp³-hybridized carbons (Fsp3) is 0.333. The van der Waals surface area contributed by atoms with Crippen LogP contribution in [0.4, 0.5) is 22.0 Å². The van der Waals surface area contributed by atoms with E-state index in [-0.39, 0.29) is 5.56 Å². The van der Waals surface area contributed by atoms with Crippen molar-refractivity contribution in [3.05, 3.63) is 22.9 Å². The van der Waals surface area contributed by atoms with Crippen molar-refractivity contribution < 1.29 is 36.6 Å². The third kappa shape index (κ3) is 3.05. The van der Waals surface area contributed by atoms with Crippen molar-refractivity contribution in [1.29, 1.82) is 0 Å². The van der Waals surface area contributed by atoms with Gasteiger partial charge in [0.05, 0.1) is 0 Å². The summed E-state index contributed by atoms with van der Waals surface area (Å²) in [7, 11) is 0. The zero-order chi connectivity index (χ0) is 14.1. The monoisotopic (exact) mass is 271 g/mol. The zero-order valence-electron chi connectivity index (χ0n) is 8.76. The van der Waals surface area contributed by atoms with Crippen molar-refractivity contribution >= 4 is 5.97 Å². The van der Waals surface area contributed by atoms with Crippen molar-refractivity contribution in [3.8, 4) is 5.88 Å². The number of aromatic nitrogens is 1. The molecule has 0 unspecified atom stereocenters. The average Bonchev–Trinajstić information content (AvgIpc) is 2.13. The Morgan fingerprint density at radius 2 is 2.00 bits per heavy atom. The molecule has 0 bridgehead atoms. The summed E-state index contributed by atoms with van der Waals surface area (Å²) in [6.45, 7) is -2.45. The second-order valence-electron chi connectivity index (χ2n) is 3.19. The minimum atomic E-state index is -4.89. The minimum Gasteiger partial charge on any atom is -0.477 e. The number of pyridine rings is 1. The van der Waals surface area contributed by atoms with Gasteiger partial charge in [-0.25, -0.2) is 9.78 Å². The lowest BCUT2D eigenvalue weighted by Gasteiger charge is -2.13. The summed E-state index contributed by atoms with van der Waals surface area (Å²) < 4.78 is 64.8. The third-order valence-electron chi connectivity index (χ3n) is 1.89. The maximum atomic E-state index is 12.4. The number of hydrogen-bond acceptors (Lipinski definition) is 3. The lowest BCUT2D eigenvalue weighted by molar-refractivity contribution is -0.142. The van der Waals surface area contributed by atoms with Crippen molar-refractivity contribution in [2.75, 3.05) is 0 Å². The second kappa shape index (κ2) is 4.75. The normalized spacial score (nSPS) is 11.7. The summed E-state index contributed by atoms with van der Waals surface area (Å²) >= 11 is 0. The second-order valence-corrected chi connectivity index (χ2v) is 3.19. The summed E-state index contributed by atoms with van der Waals surface area (Å²) in [4.78, 5) is 13.5. The van der Waals surface area contributed by atoms with Gasteiger partial charge in [0.1, 0.15) is 11.3 Å². The van der Waals surface area contributed by atoms with Crippen molar-refractivity contribution in [2.45, 2.75) is 19.7 Å². The third-order valence-corrected chi connectivity index (χ3v) is 1.89. The molecule has 9 heteroatoms. The summed E-state index contributed by atoms with van der Waals surface area (Å²) in [6, 6.07) is 0.446. The first-order valence-electron chi connectivity index (χ1n) is 4.40. The Hall–Kier alpha value is -1.93. The van der Waals surface area contributed by atoms with Gasteiger partial charge in [-0.2, -0.15) is 22.0 Å². The number of rotatable bonds is 3. The quantitative estimate of drug-likeness (QED) is 0.859. The van der Waals surface area contributed by atoms with Gasteiger partial charge in [-0.15, -0.1) is 0 Å². The van der Waals surface area contributed by atoms with Crippen molar-refractivity contribution in [3.63, 3.8) is 0 Å². The number of halogens is 5. The number of nitrogens with zero attached hydrogens (tertiary/aromatic N) is 1. The molecule has 0 amide bonds. The Balaban J connectivity index is 3.42. The van der Waals surface area contributed by atoms with Gasteiger partial charge in [-0.1, -0.05) is 0 Å². The smallest absolute Gasteiger partial charge is 0.433 e. The molecule has 4 nitrogen and oxygen atoms in total. The Morgan fingerprint density at radius 3 is 2.39 bits per heavy atom. The van der Waals surface area contributed by atoms with E-state index in [0.717, 1.165) is 6.92 Å². The number of aryl methyl sites for hydroxylation is 1. The number of carboxylic acid groups (broad SMARTS) is 1. The van der Waals surface area contributed by atoms with Crippen molar-refractivity contribution in [2.24, 2.45) is 0 Å². The van der Waals surface area contributed by atoms with Gasteiger partial charge in [0.25, 0.3) is 0 Å². The zero-order valence-corrected chi connectivity index (χ0v) is 8.76. The Morgan fingerprint density at radius 1 is 1.44 bits per heavy atom. The molecule has 0 saturated heterocycles. The topological polar surface area (TPSA) is 59.4 Å². The number of alkyl halides is 5. The predicted octanol–water partition coefficient (Wildman–Crippen LogP) is 2.71. The lowest BCUT2D eigenvalue weighted by atomic mass is 10.1. The van der Waals surface area contributed by atoms with Crippen LogP contribution < -0.4 is 4.74 Å². The number of aromatic carboxylic acids is 1. The van der Waals surface area contributed by atoms with Gasteiger partial charge in [0, 0.05) is 0 Å². The van der Waals surface area contributed by atoms with E-state index in [1.807, 2.05) is 0 Å². The molecule has 1 heterocycles. The van der Waals surface area contributed by atoms with Crippen LogP contribution in [-0.4, -0.2) is 22.7 Å². The molecule has 1 aromatic heterocycles. The maximum absolute atomic E-state index is 12.4. The first-order valence-corrected chi connectivity index (χ1v) is 4.40. The highest BCUT2D eigenvalue weighted by Gasteiger charge is 2.35. The van der Waals surface area contributed by atoms with Crippen LogP contribution in [-0.2, 0) is 6.18 Å². The van der Waals surface area contributed by atoms with E-state index in [1.165, 1.54) is 0 Å². The number of carbonyl (C=O) groups is 1. The van der Waals surface area contributed by atoms with Gasteiger partial charge in [-0.3, -0.25) is 0 Å². The van der Waals surface area contributed by atoms with Crippen LogP contribution in [0.5, 0.6) is 5.88 Å². The van der Waals surface area contributed by atoms with Crippen LogP contribution >= 0.6 is 0 Å². The summed E-state index contributed by atoms with van der Waals surface area (Å²) in [5.74, 6) is -2.96. The molecule has 0 fully saturated rings. The molecule has 0 aliphatic carbocycles. The van der Waals surface area contributed by atoms with Gasteiger partial charge < -0.3 is 9.84 Å². The van der Waals surface area contributed by atoms with E-state index in [1.54, 1.807) is 0 Å². The number of hydrogen-bond donors (Lipinski definition) is 1. The molecule has 0 aliphatic rings. The van der Waals surface area contributed by atoms with Gasteiger partial charge in [-0.05, 0) is 18.6 Å². The van der Waals surface area contributed by atoms with Gasteiger partial charge >= 0.3 is 18.8 Å². The molecule has 100 valence electrons. The highest BCUT2D eigenvalue weighted by molar-refractivity contribution is 5.91. The number of carboxylic acids is 1. The molecule has 18 heavy (non-hydrogen) atoms. The highest BCUT2D eigenvalue weighted by Crippen LogP contribution is 2.32. The molecule has 0 spiro atoms. The molecule has 0 radical (unpaired) electrons. The molecule has 1 aromatic rings. The largest absolute Gasteiger partial charge is 0.477 e. The average molecular weight is 271 g/mol. The predicted molar refractivity (Wildman–Crippen MR) is 47.6 cm³/mol. The number of ether oxygens (including phenoxy) is 1. The lowest BCUT2D eigenvalue weighted by Crippen LogP contribution is -2.16.